The predicted octanol–water partition coefficient (Wildman–Crippen LogP) is 4.41. The van der Waals surface area contributed by atoms with Crippen LogP contribution >= 0.6 is 0 Å². The van der Waals surface area contributed by atoms with Crippen LogP contribution in [0.3, 0.4) is 0 Å². The van der Waals surface area contributed by atoms with Gasteiger partial charge in [0.2, 0.25) is 23.6 Å². The number of likely N-dealkylation sites (tertiary alicyclic amines) is 1. The Morgan fingerprint density at radius 1 is 0.774 bits per heavy atom. The van der Waals surface area contributed by atoms with Crippen molar-refractivity contribution in [3.63, 3.8) is 0 Å². The SMILES string of the molecule is CC[C@H](NC(=O)[C@H](CC(C)C)NC(=O)Cc1ccc(NC(=O)Nc2ccccc2C)cc1)C(=O)N[C@@H](Cc1ccccc1)C(=O)N1CCC[C@H]1C(=O)O. The summed E-state index contributed by atoms with van der Waals surface area (Å²) in [6.45, 7) is 7.72. The van der Waals surface area contributed by atoms with Crippen molar-refractivity contribution in [3.8, 4) is 0 Å². The van der Waals surface area contributed by atoms with E-state index in [4.69, 9.17) is 0 Å². The molecule has 3 aromatic rings. The molecular weight excluding hydrogens is 676 g/mol. The maximum atomic E-state index is 13.7. The molecule has 4 rings (SSSR count). The minimum absolute atomic E-state index is 0.0215. The van der Waals surface area contributed by atoms with Gasteiger partial charge in [0.1, 0.15) is 24.2 Å². The Morgan fingerprint density at radius 3 is 2.06 bits per heavy atom. The van der Waals surface area contributed by atoms with Crippen LogP contribution in [0.2, 0.25) is 0 Å². The van der Waals surface area contributed by atoms with Crippen LogP contribution in [0.15, 0.2) is 78.9 Å². The van der Waals surface area contributed by atoms with Crippen LogP contribution < -0.4 is 26.6 Å². The minimum Gasteiger partial charge on any atom is -0.480 e. The second kappa shape index (κ2) is 19.2. The average molecular weight is 727 g/mol. The van der Waals surface area contributed by atoms with Crippen LogP contribution in [0.4, 0.5) is 16.2 Å². The largest absolute Gasteiger partial charge is 0.480 e. The van der Waals surface area contributed by atoms with Crippen molar-refractivity contribution in [1.82, 2.24) is 20.9 Å². The van der Waals surface area contributed by atoms with Crippen LogP contribution in [0, 0.1) is 12.8 Å². The smallest absolute Gasteiger partial charge is 0.326 e. The highest BCUT2D eigenvalue weighted by Gasteiger charge is 2.38. The summed E-state index contributed by atoms with van der Waals surface area (Å²) in [4.78, 5) is 79.7. The summed E-state index contributed by atoms with van der Waals surface area (Å²) in [7, 11) is 0. The van der Waals surface area contributed by atoms with Gasteiger partial charge in [0.15, 0.2) is 0 Å². The number of hydrogen-bond donors (Lipinski definition) is 6. The fraction of sp³-hybridized carbons (Fsp3) is 0.400. The van der Waals surface area contributed by atoms with Gasteiger partial charge in [-0.2, -0.15) is 0 Å². The van der Waals surface area contributed by atoms with Crippen molar-refractivity contribution in [1.29, 1.82) is 0 Å². The first-order valence-corrected chi connectivity index (χ1v) is 18.0. The lowest BCUT2D eigenvalue weighted by atomic mass is 10.0. The van der Waals surface area contributed by atoms with Gasteiger partial charge in [-0.3, -0.25) is 19.2 Å². The molecule has 13 nitrogen and oxygen atoms in total. The molecule has 6 amide bonds. The summed E-state index contributed by atoms with van der Waals surface area (Å²) >= 11 is 0. The molecule has 3 aromatic carbocycles. The molecule has 282 valence electrons. The first-order chi connectivity index (χ1) is 25.3. The fourth-order valence-electron chi connectivity index (χ4n) is 6.27. The Kier molecular flexibility index (Phi) is 14.5. The van der Waals surface area contributed by atoms with E-state index in [0.717, 1.165) is 11.1 Å². The number of nitrogens with zero attached hydrogens (tertiary/aromatic N) is 1. The van der Waals surface area contributed by atoms with E-state index in [9.17, 15) is 33.9 Å². The Balaban J connectivity index is 1.37. The van der Waals surface area contributed by atoms with Crippen molar-refractivity contribution in [2.75, 3.05) is 17.2 Å². The third kappa shape index (κ3) is 11.9. The van der Waals surface area contributed by atoms with E-state index >= 15 is 0 Å². The van der Waals surface area contributed by atoms with E-state index in [2.05, 4.69) is 26.6 Å². The van der Waals surface area contributed by atoms with Crippen molar-refractivity contribution < 1.29 is 33.9 Å². The lowest BCUT2D eigenvalue weighted by Gasteiger charge is -2.29. The second-order valence-corrected chi connectivity index (χ2v) is 13.8. The quantitative estimate of drug-likeness (QED) is 0.126. The molecule has 53 heavy (non-hydrogen) atoms. The number of carboxylic acid groups (broad SMARTS) is 1. The number of carboxylic acids is 1. The number of carbonyl (C=O) groups is 6. The standard InChI is InChI=1S/C40H50N6O7/c1-5-30(36(48)44-33(23-27-13-7-6-8-14-27)38(50)46-21-11-16-34(46)39(51)52)43-37(49)32(22-25(2)3)42-35(47)24-28-17-19-29(20-18-28)41-40(53)45-31-15-10-9-12-26(31)4/h6-10,12-15,17-20,25,30,32-34H,5,11,16,21-24H2,1-4H3,(H,42,47)(H,43,49)(H,44,48)(H,51,52)(H2,41,45,53)/t30-,32-,33-,34-/m0/s1. The van der Waals surface area contributed by atoms with E-state index in [1.165, 1.54) is 4.90 Å². The number of amides is 6. The topological polar surface area (TPSA) is 186 Å². The number of hydrogen-bond acceptors (Lipinski definition) is 6. The van der Waals surface area contributed by atoms with Crippen LogP contribution in [0.1, 0.15) is 63.1 Å². The summed E-state index contributed by atoms with van der Waals surface area (Å²) in [5.41, 5.74) is 3.61. The van der Waals surface area contributed by atoms with Gasteiger partial charge in [0.25, 0.3) is 0 Å². The van der Waals surface area contributed by atoms with Gasteiger partial charge in [-0.1, -0.05) is 81.4 Å². The zero-order valence-electron chi connectivity index (χ0n) is 30.7. The second-order valence-electron chi connectivity index (χ2n) is 13.8. The van der Waals surface area contributed by atoms with E-state index in [1.54, 1.807) is 37.3 Å². The van der Waals surface area contributed by atoms with E-state index in [-0.39, 0.29) is 31.7 Å². The number of carbonyl (C=O) groups excluding carboxylic acids is 5. The zero-order chi connectivity index (χ0) is 38.5. The highest BCUT2D eigenvalue weighted by molar-refractivity contribution is 6.00. The Morgan fingerprint density at radius 2 is 1.42 bits per heavy atom. The molecule has 0 unspecified atom stereocenters. The molecule has 1 aliphatic heterocycles. The van der Waals surface area contributed by atoms with Gasteiger partial charge >= 0.3 is 12.0 Å². The van der Waals surface area contributed by atoms with Gasteiger partial charge in [0.05, 0.1) is 6.42 Å². The fourth-order valence-corrected chi connectivity index (χ4v) is 6.27. The first-order valence-electron chi connectivity index (χ1n) is 18.0. The van der Waals surface area contributed by atoms with Gasteiger partial charge in [0, 0.05) is 24.3 Å². The number of rotatable bonds is 16. The van der Waals surface area contributed by atoms with E-state index < -0.39 is 59.8 Å². The van der Waals surface area contributed by atoms with Gasteiger partial charge in [-0.05, 0) is 73.4 Å². The van der Waals surface area contributed by atoms with Crippen LogP contribution in [-0.2, 0) is 36.8 Å². The predicted molar refractivity (Wildman–Crippen MR) is 202 cm³/mol. The molecule has 0 saturated carbocycles. The van der Waals surface area contributed by atoms with Crippen molar-refractivity contribution in [2.24, 2.45) is 5.92 Å². The summed E-state index contributed by atoms with van der Waals surface area (Å²) in [5, 5.41) is 23.6. The summed E-state index contributed by atoms with van der Waals surface area (Å²) < 4.78 is 0. The normalized spacial score (nSPS) is 15.5. The Labute approximate surface area is 310 Å². The highest BCUT2D eigenvalue weighted by Crippen LogP contribution is 2.20. The highest BCUT2D eigenvalue weighted by atomic mass is 16.4. The molecule has 0 aliphatic carbocycles. The number of benzene rings is 3. The van der Waals surface area contributed by atoms with E-state index in [0.29, 0.717) is 36.2 Å². The molecule has 0 aromatic heterocycles. The average Bonchev–Trinajstić information content (AvgIpc) is 3.62. The summed E-state index contributed by atoms with van der Waals surface area (Å²) in [6, 6.07) is 19.0. The number of para-hydroxylation sites is 1. The number of anilines is 2. The van der Waals surface area contributed by atoms with Crippen LogP contribution in [0.5, 0.6) is 0 Å². The molecule has 1 fully saturated rings. The van der Waals surface area contributed by atoms with Crippen molar-refractivity contribution >= 4 is 47.0 Å². The molecule has 1 heterocycles. The molecule has 4 atom stereocenters. The molecule has 0 radical (unpaired) electrons. The van der Waals surface area contributed by atoms with Gasteiger partial charge in [-0.25, -0.2) is 9.59 Å². The number of nitrogens with one attached hydrogen (secondary N) is 5. The van der Waals surface area contributed by atoms with Gasteiger partial charge in [-0.15, -0.1) is 0 Å². The Hall–Kier alpha value is -5.72. The van der Waals surface area contributed by atoms with Crippen LogP contribution in [-0.4, -0.2) is 76.3 Å². The molecular formula is C40H50N6O7. The first kappa shape index (κ1) is 40.1. The number of aryl methyl sites for hydroxylation is 1. The molecule has 0 bridgehead atoms. The lowest BCUT2D eigenvalue weighted by Crippen LogP contribution is -2.58. The van der Waals surface area contributed by atoms with Crippen LogP contribution in [0.25, 0.3) is 0 Å². The lowest BCUT2D eigenvalue weighted by molar-refractivity contribution is -0.149. The molecule has 6 N–H and O–H groups in total. The Bertz CT molecular complexity index is 1750. The summed E-state index contributed by atoms with van der Waals surface area (Å²) in [5.74, 6) is -3.07. The maximum absolute atomic E-state index is 13.7. The molecule has 1 saturated heterocycles. The zero-order valence-corrected chi connectivity index (χ0v) is 30.7. The third-order valence-electron chi connectivity index (χ3n) is 9.09. The number of urea groups is 1. The molecule has 13 heteroatoms. The molecule has 1 aliphatic rings. The maximum Gasteiger partial charge on any atom is 0.326 e. The summed E-state index contributed by atoms with van der Waals surface area (Å²) in [6.07, 6.45) is 1.52. The third-order valence-corrected chi connectivity index (χ3v) is 9.09. The number of aliphatic carboxylic acids is 1. The van der Waals surface area contributed by atoms with Crippen molar-refractivity contribution in [3.05, 3.63) is 95.6 Å². The minimum atomic E-state index is -1.09. The van der Waals surface area contributed by atoms with Crippen molar-refractivity contribution in [2.45, 2.75) is 90.4 Å². The van der Waals surface area contributed by atoms with Gasteiger partial charge < -0.3 is 36.6 Å². The molecule has 0 spiro atoms. The monoisotopic (exact) mass is 726 g/mol. The van der Waals surface area contributed by atoms with E-state index in [1.807, 2.05) is 69.3 Å².